The van der Waals surface area contributed by atoms with Gasteiger partial charge < -0.3 is 0 Å². The molecular formula is C16H14F2O. The van der Waals surface area contributed by atoms with Gasteiger partial charge in [0.15, 0.2) is 5.78 Å². The predicted molar refractivity (Wildman–Crippen MR) is 70.3 cm³/mol. The third kappa shape index (κ3) is 3.05. The van der Waals surface area contributed by atoms with Crippen LogP contribution >= 0.6 is 0 Å². The molecule has 0 bridgehead atoms. The SMILES string of the molecule is CC(C)c1ccc(C(=O)c2cc(F)cc(F)c2)cc1. The molecule has 98 valence electrons. The second kappa shape index (κ2) is 5.31. The molecule has 0 saturated heterocycles. The Morgan fingerprint density at radius 3 is 1.89 bits per heavy atom. The Morgan fingerprint density at radius 2 is 1.42 bits per heavy atom. The predicted octanol–water partition coefficient (Wildman–Crippen LogP) is 4.32. The van der Waals surface area contributed by atoms with Gasteiger partial charge in [0.05, 0.1) is 0 Å². The fourth-order valence-electron chi connectivity index (χ4n) is 1.87. The maximum Gasteiger partial charge on any atom is 0.193 e. The monoisotopic (exact) mass is 260 g/mol. The molecule has 0 amide bonds. The van der Waals surface area contributed by atoms with Crippen LogP contribution in [0.3, 0.4) is 0 Å². The molecule has 0 aliphatic carbocycles. The van der Waals surface area contributed by atoms with E-state index in [0.29, 0.717) is 11.5 Å². The van der Waals surface area contributed by atoms with Gasteiger partial charge in [-0.25, -0.2) is 8.78 Å². The van der Waals surface area contributed by atoms with Crippen molar-refractivity contribution in [2.75, 3.05) is 0 Å². The van der Waals surface area contributed by atoms with Crippen molar-refractivity contribution in [3.05, 3.63) is 70.8 Å². The first-order valence-electron chi connectivity index (χ1n) is 6.08. The summed E-state index contributed by atoms with van der Waals surface area (Å²) in [6.07, 6.45) is 0. The number of ketones is 1. The van der Waals surface area contributed by atoms with Crippen LogP contribution in [0.15, 0.2) is 42.5 Å². The van der Waals surface area contributed by atoms with E-state index in [0.717, 1.165) is 23.8 Å². The minimum atomic E-state index is -0.748. The van der Waals surface area contributed by atoms with Crippen LogP contribution in [0, 0.1) is 11.6 Å². The maximum absolute atomic E-state index is 13.1. The van der Waals surface area contributed by atoms with E-state index in [1.165, 1.54) is 0 Å². The van der Waals surface area contributed by atoms with Gasteiger partial charge >= 0.3 is 0 Å². The summed E-state index contributed by atoms with van der Waals surface area (Å²) in [5.41, 5.74) is 1.56. The first kappa shape index (κ1) is 13.4. The summed E-state index contributed by atoms with van der Waals surface area (Å²) < 4.78 is 26.2. The normalized spacial score (nSPS) is 10.8. The fraction of sp³-hybridized carbons (Fsp3) is 0.188. The molecule has 0 saturated carbocycles. The summed E-state index contributed by atoms with van der Waals surface area (Å²) in [5, 5.41) is 0. The Hall–Kier alpha value is -2.03. The van der Waals surface area contributed by atoms with E-state index in [1.807, 2.05) is 12.1 Å². The Bertz CT molecular complexity index is 580. The van der Waals surface area contributed by atoms with Crippen molar-refractivity contribution in [2.24, 2.45) is 0 Å². The smallest absolute Gasteiger partial charge is 0.193 e. The van der Waals surface area contributed by atoms with Crippen molar-refractivity contribution < 1.29 is 13.6 Å². The largest absolute Gasteiger partial charge is 0.289 e. The molecule has 0 atom stereocenters. The molecule has 0 spiro atoms. The van der Waals surface area contributed by atoms with Gasteiger partial charge in [-0.05, 0) is 23.6 Å². The summed E-state index contributed by atoms with van der Waals surface area (Å²) >= 11 is 0. The molecule has 2 rings (SSSR count). The van der Waals surface area contributed by atoms with E-state index in [2.05, 4.69) is 13.8 Å². The van der Waals surface area contributed by atoms with Gasteiger partial charge in [-0.1, -0.05) is 38.1 Å². The van der Waals surface area contributed by atoms with E-state index < -0.39 is 11.6 Å². The number of benzene rings is 2. The lowest BCUT2D eigenvalue weighted by Gasteiger charge is -2.06. The molecule has 0 aliphatic heterocycles. The summed E-state index contributed by atoms with van der Waals surface area (Å²) in [6.45, 7) is 4.11. The number of halogens is 2. The average molecular weight is 260 g/mol. The molecule has 0 aromatic heterocycles. The van der Waals surface area contributed by atoms with Gasteiger partial charge in [-0.15, -0.1) is 0 Å². The quantitative estimate of drug-likeness (QED) is 0.751. The van der Waals surface area contributed by atoms with Crippen LogP contribution in [0.2, 0.25) is 0 Å². The van der Waals surface area contributed by atoms with E-state index in [-0.39, 0.29) is 11.3 Å². The van der Waals surface area contributed by atoms with Gasteiger partial charge in [0.25, 0.3) is 0 Å². The summed E-state index contributed by atoms with van der Waals surface area (Å²) in [4.78, 5) is 12.1. The van der Waals surface area contributed by atoms with E-state index in [1.54, 1.807) is 12.1 Å². The van der Waals surface area contributed by atoms with Crippen LogP contribution in [0.25, 0.3) is 0 Å². The lowest BCUT2D eigenvalue weighted by atomic mass is 9.98. The maximum atomic E-state index is 13.1. The highest BCUT2D eigenvalue weighted by molar-refractivity contribution is 6.09. The number of carbonyl (C=O) groups excluding carboxylic acids is 1. The topological polar surface area (TPSA) is 17.1 Å². The first-order valence-corrected chi connectivity index (χ1v) is 6.08. The minimum Gasteiger partial charge on any atom is -0.289 e. The molecule has 0 aliphatic rings. The van der Waals surface area contributed by atoms with E-state index >= 15 is 0 Å². The van der Waals surface area contributed by atoms with Crippen molar-refractivity contribution in [3.8, 4) is 0 Å². The van der Waals surface area contributed by atoms with Crippen LogP contribution in [-0.4, -0.2) is 5.78 Å². The Kier molecular flexibility index (Phi) is 3.74. The third-order valence-corrected chi connectivity index (χ3v) is 2.96. The highest BCUT2D eigenvalue weighted by Crippen LogP contribution is 2.18. The summed E-state index contributed by atoms with van der Waals surface area (Å²) in [5.74, 6) is -1.51. The van der Waals surface area contributed by atoms with Gasteiger partial charge in [-0.3, -0.25) is 4.79 Å². The Balaban J connectivity index is 2.33. The van der Waals surface area contributed by atoms with Crippen molar-refractivity contribution >= 4 is 5.78 Å². The Labute approximate surface area is 110 Å². The van der Waals surface area contributed by atoms with Gasteiger partial charge in [-0.2, -0.15) is 0 Å². The molecule has 0 unspecified atom stereocenters. The molecule has 0 radical (unpaired) electrons. The molecule has 0 N–H and O–H groups in total. The van der Waals surface area contributed by atoms with Crippen molar-refractivity contribution in [3.63, 3.8) is 0 Å². The van der Waals surface area contributed by atoms with Crippen molar-refractivity contribution in [1.29, 1.82) is 0 Å². The third-order valence-electron chi connectivity index (χ3n) is 2.96. The molecule has 3 heteroatoms. The van der Waals surface area contributed by atoms with Crippen molar-refractivity contribution in [1.82, 2.24) is 0 Å². The van der Waals surface area contributed by atoms with Crippen LogP contribution in [0.4, 0.5) is 8.78 Å². The van der Waals surface area contributed by atoms with Crippen molar-refractivity contribution in [2.45, 2.75) is 19.8 Å². The molecule has 19 heavy (non-hydrogen) atoms. The molecule has 2 aromatic rings. The zero-order valence-corrected chi connectivity index (χ0v) is 10.8. The Morgan fingerprint density at radius 1 is 0.895 bits per heavy atom. The van der Waals surface area contributed by atoms with Crippen LogP contribution in [0.5, 0.6) is 0 Å². The van der Waals surface area contributed by atoms with Crippen LogP contribution in [0.1, 0.15) is 41.3 Å². The summed E-state index contributed by atoms with van der Waals surface area (Å²) in [7, 11) is 0. The second-order valence-electron chi connectivity index (χ2n) is 4.76. The van der Waals surface area contributed by atoms with Crippen LogP contribution < -0.4 is 0 Å². The highest BCUT2D eigenvalue weighted by atomic mass is 19.1. The second-order valence-corrected chi connectivity index (χ2v) is 4.76. The number of carbonyl (C=O) groups is 1. The van der Waals surface area contributed by atoms with Gasteiger partial charge in [0.2, 0.25) is 0 Å². The first-order chi connectivity index (χ1) is 8.97. The molecule has 2 aromatic carbocycles. The minimum absolute atomic E-state index is 0.0230. The number of rotatable bonds is 3. The van der Waals surface area contributed by atoms with Gasteiger partial charge in [0.1, 0.15) is 11.6 Å². The molecule has 1 nitrogen and oxygen atoms in total. The molecular weight excluding hydrogens is 246 g/mol. The number of hydrogen-bond donors (Lipinski definition) is 0. The van der Waals surface area contributed by atoms with E-state index in [4.69, 9.17) is 0 Å². The summed E-state index contributed by atoms with van der Waals surface area (Å²) in [6, 6.07) is 9.91. The molecule has 0 fully saturated rings. The zero-order chi connectivity index (χ0) is 14.0. The average Bonchev–Trinajstić information content (AvgIpc) is 2.37. The number of hydrogen-bond acceptors (Lipinski definition) is 1. The zero-order valence-electron chi connectivity index (χ0n) is 10.8. The lowest BCUT2D eigenvalue weighted by molar-refractivity contribution is 0.103. The highest BCUT2D eigenvalue weighted by Gasteiger charge is 2.12. The lowest BCUT2D eigenvalue weighted by Crippen LogP contribution is -2.03. The van der Waals surface area contributed by atoms with Crippen LogP contribution in [-0.2, 0) is 0 Å². The van der Waals surface area contributed by atoms with E-state index in [9.17, 15) is 13.6 Å². The molecule has 0 heterocycles. The van der Waals surface area contributed by atoms with Gasteiger partial charge in [0, 0.05) is 17.2 Å². The fourth-order valence-corrected chi connectivity index (χ4v) is 1.87. The standard InChI is InChI=1S/C16H14F2O/c1-10(2)11-3-5-12(6-4-11)16(19)13-7-14(17)9-15(18)8-13/h3-10H,1-2H3.